The summed E-state index contributed by atoms with van der Waals surface area (Å²) in [5.41, 5.74) is -2.08. The number of hydrogen-bond donors (Lipinski definition) is 0. The number of fused-ring (bicyclic) bond motifs is 1. The van der Waals surface area contributed by atoms with Crippen molar-refractivity contribution in [2.45, 2.75) is 58.3 Å². The van der Waals surface area contributed by atoms with E-state index in [0.29, 0.717) is 38.1 Å². The Balaban J connectivity index is 1.81. The lowest BCUT2D eigenvalue weighted by atomic mass is 9.73. The van der Waals surface area contributed by atoms with Crippen molar-refractivity contribution in [1.29, 1.82) is 0 Å². The van der Waals surface area contributed by atoms with Crippen LogP contribution in [0.1, 0.15) is 47.0 Å². The molecule has 0 aromatic rings. The summed E-state index contributed by atoms with van der Waals surface area (Å²) in [5.74, 6) is -0.579. The van der Waals surface area contributed by atoms with Crippen LogP contribution in [-0.2, 0) is 28.6 Å². The predicted octanol–water partition coefficient (Wildman–Crippen LogP) is 1.56. The van der Waals surface area contributed by atoms with E-state index in [4.69, 9.17) is 14.2 Å². The fourth-order valence-corrected chi connectivity index (χ4v) is 4.76. The van der Waals surface area contributed by atoms with Crippen LogP contribution < -0.4 is 0 Å². The second kappa shape index (κ2) is 5.39. The predicted molar refractivity (Wildman–Crippen MR) is 89.7 cm³/mol. The van der Waals surface area contributed by atoms with Gasteiger partial charge in [0, 0.05) is 30.9 Å². The van der Waals surface area contributed by atoms with E-state index >= 15 is 0 Å². The molecule has 0 aromatic heterocycles. The molecule has 4 heterocycles. The van der Waals surface area contributed by atoms with Gasteiger partial charge in [-0.15, -0.1) is 0 Å². The Bertz CT molecular complexity index is 735. The van der Waals surface area contributed by atoms with E-state index in [1.165, 1.54) is 0 Å². The Hall–Kier alpha value is -1.73. The topological polar surface area (TPSA) is 82.1 Å². The van der Waals surface area contributed by atoms with Gasteiger partial charge in [0.15, 0.2) is 11.5 Å². The van der Waals surface area contributed by atoms with Gasteiger partial charge in [-0.2, -0.15) is 0 Å². The highest BCUT2D eigenvalue weighted by Crippen LogP contribution is 2.64. The lowest BCUT2D eigenvalue weighted by Gasteiger charge is -2.41. The van der Waals surface area contributed by atoms with Crippen LogP contribution in [0.25, 0.3) is 0 Å². The van der Waals surface area contributed by atoms with Crippen molar-refractivity contribution in [3.63, 3.8) is 0 Å². The average molecular weight is 363 g/mol. The maximum absolute atomic E-state index is 12.9. The number of Topliss-reactive ketones (excluding diaryl/α,β-unsaturated/α-hetero) is 1. The molecule has 0 amide bonds. The van der Waals surface area contributed by atoms with Gasteiger partial charge >= 0.3 is 11.9 Å². The Morgan fingerprint density at radius 1 is 1.35 bits per heavy atom. The third-order valence-corrected chi connectivity index (χ3v) is 5.85. The van der Waals surface area contributed by atoms with Gasteiger partial charge in [-0.05, 0) is 34.1 Å². The van der Waals surface area contributed by atoms with Gasteiger partial charge in [-0.1, -0.05) is 0 Å². The Kier molecular flexibility index (Phi) is 3.66. The van der Waals surface area contributed by atoms with E-state index in [2.05, 4.69) is 0 Å². The number of piperidine rings is 1. The van der Waals surface area contributed by atoms with E-state index in [1.54, 1.807) is 27.7 Å². The first-order valence-electron chi connectivity index (χ1n) is 9.25. The molecule has 3 unspecified atom stereocenters. The maximum Gasteiger partial charge on any atom is 0.346 e. The molecule has 2 bridgehead atoms. The zero-order valence-electron chi connectivity index (χ0n) is 15.7. The SMILES string of the molecule is CCOC(=O)C12CC3CC(=O)CN4CCC(=C1OC(=O)C(C)(C)C)C34O2. The lowest BCUT2D eigenvalue weighted by molar-refractivity contribution is -0.187. The fourth-order valence-electron chi connectivity index (χ4n) is 4.76. The molecule has 7 nitrogen and oxygen atoms in total. The third kappa shape index (κ3) is 2.10. The zero-order valence-corrected chi connectivity index (χ0v) is 15.7. The summed E-state index contributed by atoms with van der Waals surface area (Å²) in [6.45, 7) is 8.22. The first kappa shape index (κ1) is 17.7. The summed E-state index contributed by atoms with van der Waals surface area (Å²) >= 11 is 0. The molecule has 3 fully saturated rings. The van der Waals surface area contributed by atoms with Crippen LogP contribution in [0.2, 0.25) is 0 Å². The molecule has 26 heavy (non-hydrogen) atoms. The third-order valence-electron chi connectivity index (χ3n) is 5.85. The smallest absolute Gasteiger partial charge is 0.346 e. The molecule has 0 radical (unpaired) electrons. The normalized spacial score (nSPS) is 35.7. The van der Waals surface area contributed by atoms with Gasteiger partial charge in [0.05, 0.1) is 18.6 Å². The van der Waals surface area contributed by atoms with Crippen molar-refractivity contribution in [2.24, 2.45) is 11.3 Å². The number of rotatable bonds is 3. The number of ether oxygens (including phenoxy) is 3. The minimum Gasteiger partial charge on any atom is -0.463 e. The van der Waals surface area contributed by atoms with Crippen molar-refractivity contribution in [2.75, 3.05) is 19.7 Å². The minimum absolute atomic E-state index is 0.109. The second-order valence-corrected chi connectivity index (χ2v) is 8.61. The van der Waals surface area contributed by atoms with E-state index in [0.717, 1.165) is 5.57 Å². The summed E-state index contributed by atoms with van der Waals surface area (Å²) in [7, 11) is 0. The van der Waals surface area contributed by atoms with Gasteiger partial charge in [-0.25, -0.2) is 4.79 Å². The molecule has 3 atom stereocenters. The summed E-state index contributed by atoms with van der Waals surface area (Å²) in [6.07, 6.45) is 1.31. The lowest BCUT2D eigenvalue weighted by Crippen LogP contribution is -2.55. The van der Waals surface area contributed by atoms with Crippen LogP contribution >= 0.6 is 0 Å². The minimum atomic E-state index is -1.42. The molecule has 0 saturated carbocycles. The number of esters is 2. The van der Waals surface area contributed by atoms with Crippen molar-refractivity contribution < 1.29 is 28.6 Å². The highest BCUT2D eigenvalue weighted by Gasteiger charge is 2.75. The number of nitrogens with zero attached hydrogens (tertiary/aromatic N) is 1. The standard InChI is InChI=1S/C19H25NO6/c1-5-24-16(23)18-9-11-8-12(21)10-20-7-6-13(19(11,20)26-18)14(18)25-15(22)17(2,3)4/h11H,5-10H2,1-4H3. The molecule has 3 saturated heterocycles. The first-order valence-corrected chi connectivity index (χ1v) is 9.25. The highest BCUT2D eigenvalue weighted by atomic mass is 16.6. The zero-order chi connectivity index (χ0) is 18.9. The number of ketones is 1. The molecular weight excluding hydrogens is 338 g/mol. The summed E-state index contributed by atoms with van der Waals surface area (Å²) < 4.78 is 17.4. The Morgan fingerprint density at radius 3 is 2.73 bits per heavy atom. The van der Waals surface area contributed by atoms with Crippen LogP contribution in [0.3, 0.4) is 0 Å². The van der Waals surface area contributed by atoms with Crippen molar-refractivity contribution in [3.8, 4) is 0 Å². The second-order valence-electron chi connectivity index (χ2n) is 8.61. The van der Waals surface area contributed by atoms with Gasteiger partial charge in [0.1, 0.15) is 5.78 Å². The van der Waals surface area contributed by atoms with Crippen molar-refractivity contribution in [1.82, 2.24) is 4.90 Å². The molecule has 0 aliphatic carbocycles. The molecule has 4 aliphatic rings. The summed E-state index contributed by atoms with van der Waals surface area (Å²) in [5, 5.41) is 0. The van der Waals surface area contributed by atoms with Crippen LogP contribution in [0, 0.1) is 11.3 Å². The molecule has 4 aliphatic heterocycles. The molecule has 1 spiro atoms. The van der Waals surface area contributed by atoms with E-state index in [-0.39, 0.29) is 18.3 Å². The van der Waals surface area contributed by atoms with Crippen LogP contribution in [0.5, 0.6) is 0 Å². The van der Waals surface area contributed by atoms with Crippen LogP contribution in [-0.4, -0.2) is 53.6 Å². The van der Waals surface area contributed by atoms with Gasteiger partial charge in [-0.3, -0.25) is 14.5 Å². The van der Waals surface area contributed by atoms with E-state index < -0.39 is 28.7 Å². The van der Waals surface area contributed by atoms with Gasteiger partial charge in [0.25, 0.3) is 0 Å². The largest absolute Gasteiger partial charge is 0.463 e. The molecule has 0 N–H and O–H groups in total. The quantitative estimate of drug-likeness (QED) is 0.704. The molecule has 0 aromatic carbocycles. The van der Waals surface area contributed by atoms with E-state index in [9.17, 15) is 14.4 Å². The Labute approximate surface area is 152 Å². The van der Waals surface area contributed by atoms with E-state index in [1.807, 2.05) is 4.90 Å². The number of hydrogen-bond acceptors (Lipinski definition) is 7. The number of carbonyl (C=O) groups excluding carboxylic acids is 3. The van der Waals surface area contributed by atoms with Crippen LogP contribution in [0.4, 0.5) is 0 Å². The maximum atomic E-state index is 12.9. The number of carbonyl (C=O) groups is 3. The summed E-state index contributed by atoms with van der Waals surface area (Å²) in [6, 6.07) is 0. The first-order chi connectivity index (χ1) is 12.1. The highest BCUT2D eigenvalue weighted by molar-refractivity contribution is 5.89. The molecule has 4 rings (SSSR count). The van der Waals surface area contributed by atoms with Crippen molar-refractivity contribution in [3.05, 3.63) is 11.3 Å². The Morgan fingerprint density at radius 2 is 2.08 bits per heavy atom. The average Bonchev–Trinajstić information content (AvgIpc) is 3.14. The molecule has 7 heteroatoms. The van der Waals surface area contributed by atoms with Crippen LogP contribution in [0.15, 0.2) is 11.3 Å². The monoisotopic (exact) mass is 363 g/mol. The van der Waals surface area contributed by atoms with Gasteiger partial charge in [0.2, 0.25) is 5.60 Å². The summed E-state index contributed by atoms with van der Waals surface area (Å²) in [4.78, 5) is 39.6. The van der Waals surface area contributed by atoms with Crippen molar-refractivity contribution >= 4 is 17.7 Å². The molecular formula is C19H25NO6. The van der Waals surface area contributed by atoms with Gasteiger partial charge < -0.3 is 14.2 Å². The molecule has 142 valence electrons. The fraction of sp³-hybridized carbons (Fsp3) is 0.737.